The second-order valence-corrected chi connectivity index (χ2v) is 5.20. The average molecular weight is 304 g/mol. The zero-order chi connectivity index (χ0) is 13.7. The Morgan fingerprint density at radius 1 is 1.58 bits per heavy atom. The van der Waals surface area contributed by atoms with E-state index in [1.807, 2.05) is 17.5 Å². The molecule has 0 aliphatic carbocycles. The normalized spacial score (nSPS) is 18.3. The zero-order valence-corrected chi connectivity index (χ0v) is 11.7. The van der Waals surface area contributed by atoms with E-state index in [4.69, 9.17) is 16.3 Å². The third-order valence-corrected chi connectivity index (χ3v) is 3.60. The topological polar surface area (TPSA) is 70.7 Å². The number of hydrogen-bond donors (Lipinski definition) is 2. The molecule has 1 unspecified atom stereocenters. The summed E-state index contributed by atoms with van der Waals surface area (Å²) in [5.41, 5.74) is 0. The van der Waals surface area contributed by atoms with Gasteiger partial charge in [0.05, 0.1) is 13.1 Å². The number of nitrogens with one attached hydrogen (secondary N) is 2. The molecule has 1 saturated heterocycles. The number of urea groups is 1. The van der Waals surface area contributed by atoms with E-state index in [1.165, 1.54) is 11.3 Å². The van der Waals surface area contributed by atoms with E-state index >= 15 is 0 Å². The lowest BCUT2D eigenvalue weighted by atomic mass is 10.3. The van der Waals surface area contributed by atoms with E-state index in [1.54, 1.807) is 4.90 Å². The Morgan fingerprint density at radius 3 is 3.11 bits per heavy atom. The maximum absolute atomic E-state index is 11.7. The Bertz CT molecular complexity index is 440. The molecule has 2 heterocycles. The summed E-state index contributed by atoms with van der Waals surface area (Å²) in [5, 5.41) is 7.95. The van der Waals surface area contributed by atoms with Crippen molar-refractivity contribution in [3.8, 4) is 0 Å². The molecule has 1 fully saturated rings. The number of halogens is 1. The van der Waals surface area contributed by atoms with Gasteiger partial charge in [-0.3, -0.25) is 4.90 Å². The van der Waals surface area contributed by atoms with Crippen LogP contribution in [0.2, 0.25) is 0 Å². The summed E-state index contributed by atoms with van der Waals surface area (Å²) in [5.74, 6) is 0.359. The number of thiophene rings is 1. The summed E-state index contributed by atoms with van der Waals surface area (Å²) < 4.78 is 5.18. The van der Waals surface area contributed by atoms with Crippen LogP contribution in [-0.2, 0) is 4.74 Å². The Labute approximate surface area is 119 Å². The van der Waals surface area contributed by atoms with Crippen molar-refractivity contribution in [2.75, 3.05) is 30.4 Å². The van der Waals surface area contributed by atoms with Crippen LogP contribution < -0.4 is 15.5 Å². The minimum atomic E-state index is -0.379. The maximum Gasteiger partial charge on any atom is 0.415 e. The van der Waals surface area contributed by atoms with Crippen molar-refractivity contribution in [2.24, 2.45) is 0 Å². The summed E-state index contributed by atoms with van der Waals surface area (Å²) in [7, 11) is 0. The van der Waals surface area contributed by atoms with Gasteiger partial charge in [0.15, 0.2) is 0 Å². The van der Waals surface area contributed by atoms with Gasteiger partial charge < -0.3 is 15.4 Å². The van der Waals surface area contributed by atoms with E-state index < -0.39 is 0 Å². The summed E-state index contributed by atoms with van der Waals surface area (Å²) in [6.07, 6.45) is -0.716. The highest BCUT2D eigenvalue weighted by Crippen LogP contribution is 2.25. The highest BCUT2D eigenvalue weighted by atomic mass is 35.5. The smallest absolute Gasteiger partial charge is 0.415 e. The Hall–Kier alpha value is -1.47. The summed E-state index contributed by atoms with van der Waals surface area (Å²) in [6, 6.07) is 3.42. The Balaban J connectivity index is 1.78. The van der Waals surface area contributed by atoms with Crippen molar-refractivity contribution in [2.45, 2.75) is 6.10 Å². The van der Waals surface area contributed by atoms with Crippen LogP contribution in [-0.4, -0.2) is 43.7 Å². The SMILES string of the molecule is O=C(NCCCl)NCC1CN(c2cccs2)C(=O)O1. The highest BCUT2D eigenvalue weighted by Gasteiger charge is 2.32. The molecule has 104 valence electrons. The molecule has 0 aromatic carbocycles. The molecule has 1 aromatic rings. The van der Waals surface area contributed by atoms with Gasteiger partial charge in [0.25, 0.3) is 0 Å². The molecule has 19 heavy (non-hydrogen) atoms. The number of cyclic esters (lactones) is 1. The third-order valence-electron chi connectivity index (χ3n) is 2.52. The predicted molar refractivity (Wildman–Crippen MR) is 74.1 cm³/mol. The Kier molecular flexibility index (Phi) is 4.86. The number of ether oxygens (including phenoxy) is 1. The monoisotopic (exact) mass is 303 g/mol. The minimum Gasteiger partial charge on any atom is -0.442 e. The summed E-state index contributed by atoms with van der Waals surface area (Å²) in [4.78, 5) is 24.5. The molecule has 0 bridgehead atoms. The number of carbonyl (C=O) groups excluding carboxylic acids is 2. The second kappa shape index (κ2) is 6.63. The van der Waals surface area contributed by atoms with E-state index in [-0.39, 0.29) is 24.8 Å². The number of anilines is 1. The van der Waals surface area contributed by atoms with Gasteiger partial charge in [0.2, 0.25) is 0 Å². The number of carbonyl (C=O) groups is 2. The van der Waals surface area contributed by atoms with Crippen LogP contribution in [0.1, 0.15) is 0 Å². The molecule has 8 heteroatoms. The van der Waals surface area contributed by atoms with Gasteiger partial charge in [-0.1, -0.05) is 0 Å². The molecular weight excluding hydrogens is 290 g/mol. The lowest BCUT2D eigenvalue weighted by Crippen LogP contribution is -2.41. The van der Waals surface area contributed by atoms with Crippen molar-refractivity contribution in [1.82, 2.24) is 10.6 Å². The van der Waals surface area contributed by atoms with Crippen LogP contribution >= 0.6 is 22.9 Å². The van der Waals surface area contributed by atoms with Gasteiger partial charge in [0.1, 0.15) is 11.1 Å². The summed E-state index contributed by atoms with van der Waals surface area (Å²) in [6.45, 7) is 1.12. The lowest BCUT2D eigenvalue weighted by molar-refractivity contribution is 0.140. The number of nitrogens with zero attached hydrogens (tertiary/aromatic N) is 1. The molecule has 0 radical (unpaired) electrons. The fraction of sp³-hybridized carbons (Fsp3) is 0.455. The molecule has 1 atom stereocenters. The van der Waals surface area contributed by atoms with Crippen LogP contribution in [0.3, 0.4) is 0 Å². The first kappa shape index (κ1) is 14.0. The molecule has 1 aromatic heterocycles. The fourth-order valence-electron chi connectivity index (χ4n) is 1.66. The van der Waals surface area contributed by atoms with Gasteiger partial charge in [-0.25, -0.2) is 9.59 Å². The first-order valence-corrected chi connectivity index (χ1v) is 7.21. The van der Waals surface area contributed by atoms with Crippen molar-refractivity contribution >= 4 is 40.1 Å². The molecule has 2 rings (SSSR count). The first-order chi connectivity index (χ1) is 9.20. The standard InChI is InChI=1S/C11H14ClN3O3S/c12-3-4-13-10(16)14-6-8-7-15(11(17)18-8)9-2-1-5-19-9/h1-2,5,8H,3-4,6-7H2,(H2,13,14,16). The molecule has 0 saturated carbocycles. The summed E-state index contributed by atoms with van der Waals surface area (Å²) >= 11 is 6.92. The number of rotatable bonds is 5. The van der Waals surface area contributed by atoms with Gasteiger partial charge in [-0.05, 0) is 17.5 Å². The quantitative estimate of drug-likeness (QED) is 0.812. The van der Waals surface area contributed by atoms with Crippen LogP contribution in [0, 0.1) is 0 Å². The largest absolute Gasteiger partial charge is 0.442 e. The molecule has 2 N–H and O–H groups in total. The molecule has 6 nitrogen and oxygen atoms in total. The van der Waals surface area contributed by atoms with Gasteiger partial charge in [-0.2, -0.15) is 0 Å². The number of hydrogen-bond acceptors (Lipinski definition) is 4. The van der Waals surface area contributed by atoms with E-state index in [0.717, 1.165) is 5.00 Å². The molecule has 1 aliphatic heterocycles. The molecule has 1 aliphatic rings. The lowest BCUT2D eigenvalue weighted by Gasteiger charge is -2.11. The fourth-order valence-corrected chi connectivity index (χ4v) is 2.49. The Morgan fingerprint density at radius 2 is 2.42 bits per heavy atom. The van der Waals surface area contributed by atoms with E-state index in [9.17, 15) is 9.59 Å². The first-order valence-electron chi connectivity index (χ1n) is 5.80. The number of alkyl halides is 1. The van der Waals surface area contributed by atoms with Crippen LogP contribution in [0.25, 0.3) is 0 Å². The van der Waals surface area contributed by atoms with Crippen molar-refractivity contribution in [3.63, 3.8) is 0 Å². The highest BCUT2D eigenvalue weighted by molar-refractivity contribution is 7.14. The molecule has 3 amide bonds. The zero-order valence-electron chi connectivity index (χ0n) is 10.1. The maximum atomic E-state index is 11.7. The van der Waals surface area contributed by atoms with Crippen LogP contribution in [0.5, 0.6) is 0 Å². The molecular formula is C11H14ClN3O3S. The van der Waals surface area contributed by atoms with Crippen molar-refractivity contribution < 1.29 is 14.3 Å². The van der Waals surface area contributed by atoms with Gasteiger partial charge in [-0.15, -0.1) is 22.9 Å². The average Bonchev–Trinajstić information content (AvgIpc) is 3.02. The van der Waals surface area contributed by atoms with Crippen molar-refractivity contribution in [1.29, 1.82) is 0 Å². The van der Waals surface area contributed by atoms with Crippen LogP contribution in [0.4, 0.5) is 14.6 Å². The number of amides is 3. The van der Waals surface area contributed by atoms with Gasteiger partial charge in [0, 0.05) is 12.4 Å². The van der Waals surface area contributed by atoms with Gasteiger partial charge >= 0.3 is 12.1 Å². The predicted octanol–water partition coefficient (Wildman–Crippen LogP) is 1.61. The van der Waals surface area contributed by atoms with E-state index in [2.05, 4.69) is 10.6 Å². The third kappa shape index (κ3) is 3.74. The molecule has 0 spiro atoms. The minimum absolute atomic E-state index is 0.279. The second-order valence-electron chi connectivity index (χ2n) is 3.89. The van der Waals surface area contributed by atoms with E-state index in [0.29, 0.717) is 19.0 Å². The van der Waals surface area contributed by atoms with Crippen molar-refractivity contribution in [3.05, 3.63) is 17.5 Å². The van der Waals surface area contributed by atoms with Crippen LogP contribution in [0.15, 0.2) is 17.5 Å².